The second-order valence-corrected chi connectivity index (χ2v) is 7.09. The van der Waals surface area contributed by atoms with Crippen molar-refractivity contribution in [3.8, 4) is 6.07 Å². The van der Waals surface area contributed by atoms with Gasteiger partial charge in [-0.05, 0) is 41.8 Å². The highest BCUT2D eigenvalue weighted by Crippen LogP contribution is 2.33. The molecule has 1 heterocycles. The highest BCUT2D eigenvalue weighted by Gasteiger charge is 2.28. The molecule has 0 unspecified atom stereocenters. The molecule has 0 radical (unpaired) electrons. The Bertz CT molecular complexity index is 1050. The summed E-state index contributed by atoms with van der Waals surface area (Å²) in [5.74, 6) is -2.25. The number of carbonyl (C=O) groups excluding carboxylic acids is 1. The smallest absolute Gasteiger partial charge is 0.254 e. The van der Waals surface area contributed by atoms with Gasteiger partial charge in [0.25, 0.3) is 5.91 Å². The maximum absolute atomic E-state index is 13.8. The molecule has 0 spiro atoms. The summed E-state index contributed by atoms with van der Waals surface area (Å²) < 4.78 is 27.6. The zero-order valence-electron chi connectivity index (χ0n) is 15.9. The molecule has 1 amide bonds. The molecule has 1 aromatic heterocycles. The number of carbonyl (C=O) groups is 1. The Balaban J connectivity index is 2.09. The van der Waals surface area contributed by atoms with Crippen molar-refractivity contribution in [3.05, 3.63) is 100 Å². The molecule has 152 valence electrons. The van der Waals surface area contributed by atoms with Crippen molar-refractivity contribution < 1.29 is 13.6 Å². The van der Waals surface area contributed by atoms with E-state index in [1.165, 1.54) is 4.90 Å². The van der Waals surface area contributed by atoms with Gasteiger partial charge in [-0.2, -0.15) is 5.26 Å². The Morgan fingerprint density at radius 3 is 2.50 bits per heavy atom. The molecule has 0 bridgehead atoms. The van der Waals surface area contributed by atoms with E-state index in [0.717, 1.165) is 17.7 Å². The van der Waals surface area contributed by atoms with E-state index in [4.69, 9.17) is 16.9 Å². The number of nitriles is 1. The molecule has 2 aromatic carbocycles. The van der Waals surface area contributed by atoms with Crippen LogP contribution >= 0.6 is 11.6 Å². The minimum atomic E-state index is -0.842. The van der Waals surface area contributed by atoms with Crippen molar-refractivity contribution in [2.24, 2.45) is 0 Å². The zero-order chi connectivity index (χ0) is 21.5. The van der Waals surface area contributed by atoms with Gasteiger partial charge in [-0.25, -0.2) is 8.78 Å². The number of hydrogen-bond donors (Lipinski definition) is 0. The van der Waals surface area contributed by atoms with Gasteiger partial charge < -0.3 is 4.90 Å². The first-order valence-electron chi connectivity index (χ1n) is 9.27. The number of rotatable bonds is 7. The van der Waals surface area contributed by atoms with Crippen molar-refractivity contribution in [3.63, 3.8) is 0 Å². The number of pyridine rings is 1. The van der Waals surface area contributed by atoms with E-state index < -0.39 is 23.6 Å². The van der Waals surface area contributed by atoms with Crippen LogP contribution in [0.4, 0.5) is 8.78 Å². The fraction of sp³-hybridized carbons (Fsp3) is 0.174. The summed E-state index contributed by atoms with van der Waals surface area (Å²) in [6, 6.07) is 14.8. The normalized spacial score (nSPS) is 11.5. The lowest BCUT2D eigenvalue weighted by Gasteiger charge is -2.33. The lowest BCUT2D eigenvalue weighted by atomic mass is 9.98. The van der Waals surface area contributed by atoms with Gasteiger partial charge in [-0.1, -0.05) is 35.9 Å². The minimum Gasteiger partial charge on any atom is -0.327 e. The number of halogens is 3. The van der Waals surface area contributed by atoms with Gasteiger partial charge in [0.05, 0.1) is 12.1 Å². The lowest BCUT2D eigenvalue weighted by Crippen LogP contribution is -2.35. The summed E-state index contributed by atoms with van der Waals surface area (Å²) >= 11 is 6.39. The van der Waals surface area contributed by atoms with Crippen LogP contribution in [0.5, 0.6) is 0 Å². The maximum Gasteiger partial charge on any atom is 0.254 e. The number of nitrogens with zero attached hydrogens (tertiary/aromatic N) is 3. The third-order valence-corrected chi connectivity index (χ3v) is 4.96. The summed E-state index contributed by atoms with van der Waals surface area (Å²) in [6.45, 7) is 0.131. The topological polar surface area (TPSA) is 57.0 Å². The number of hydrogen-bond acceptors (Lipinski definition) is 3. The Morgan fingerprint density at radius 2 is 1.87 bits per heavy atom. The van der Waals surface area contributed by atoms with Crippen molar-refractivity contribution in [2.45, 2.75) is 25.4 Å². The van der Waals surface area contributed by atoms with Crippen LogP contribution < -0.4 is 0 Å². The number of amides is 1. The molecule has 4 nitrogen and oxygen atoms in total. The fourth-order valence-corrected chi connectivity index (χ4v) is 3.54. The molecule has 0 aliphatic carbocycles. The van der Waals surface area contributed by atoms with Crippen molar-refractivity contribution in [1.82, 2.24) is 9.88 Å². The maximum atomic E-state index is 13.8. The Hall–Kier alpha value is -3.30. The Kier molecular flexibility index (Phi) is 7.10. The number of aromatic nitrogens is 1. The molecule has 3 aromatic rings. The van der Waals surface area contributed by atoms with Crippen LogP contribution in [-0.4, -0.2) is 15.8 Å². The van der Waals surface area contributed by atoms with E-state index in [0.29, 0.717) is 23.1 Å². The first kappa shape index (κ1) is 21.4. The van der Waals surface area contributed by atoms with Gasteiger partial charge in [-0.15, -0.1) is 0 Å². The molecular weight excluding hydrogens is 408 g/mol. The molecule has 3 rings (SSSR count). The van der Waals surface area contributed by atoms with E-state index in [1.54, 1.807) is 48.8 Å². The molecule has 1 atom stereocenters. The molecule has 0 saturated carbocycles. The van der Waals surface area contributed by atoms with E-state index in [2.05, 4.69) is 11.1 Å². The zero-order valence-corrected chi connectivity index (χ0v) is 16.7. The van der Waals surface area contributed by atoms with Gasteiger partial charge in [0, 0.05) is 42.0 Å². The van der Waals surface area contributed by atoms with Crippen LogP contribution in [-0.2, 0) is 6.54 Å². The Morgan fingerprint density at radius 1 is 1.13 bits per heavy atom. The summed E-state index contributed by atoms with van der Waals surface area (Å²) in [7, 11) is 0. The average Bonchev–Trinajstić information content (AvgIpc) is 2.73. The van der Waals surface area contributed by atoms with E-state index in [-0.39, 0.29) is 18.5 Å². The highest BCUT2D eigenvalue weighted by atomic mass is 35.5. The third kappa shape index (κ3) is 5.19. The van der Waals surface area contributed by atoms with Gasteiger partial charge in [-0.3, -0.25) is 9.78 Å². The molecule has 0 aliphatic heterocycles. The lowest BCUT2D eigenvalue weighted by molar-refractivity contribution is 0.0647. The van der Waals surface area contributed by atoms with E-state index in [9.17, 15) is 13.6 Å². The van der Waals surface area contributed by atoms with Crippen LogP contribution in [0.2, 0.25) is 5.02 Å². The first-order valence-corrected chi connectivity index (χ1v) is 9.64. The SMILES string of the molecule is N#CCC[C@@H](c1ccccc1Cl)N(Cc1cccnc1)C(=O)c1cc(F)cc(F)c1. The van der Waals surface area contributed by atoms with Crippen molar-refractivity contribution >= 4 is 17.5 Å². The van der Waals surface area contributed by atoms with Crippen LogP contribution in [0.1, 0.15) is 40.4 Å². The minimum absolute atomic E-state index is 0.120. The quantitative estimate of drug-likeness (QED) is 0.487. The Labute approximate surface area is 178 Å². The van der Waals surface area contributed by atoms with Crippen LogP contribution in [0, 0.1) is 23.0 Å². The standard InChI is InChI=1S/C23H18ClF2N3O/c24-21-7-2-1-6-20(21)22(8-3-9-27)29(15-16-5-4-10-28-14-16)23(30)17-11-18(25)13-19(26)12-17/h1-2,4-7,10-14,22H,3,8,15H2/t22-/m0/s1. The second kappa shape index (κ2) is 9.95. The highest BCUT2D eigenvalue weighted by molar-refractivity contribution is 6.31. The van der Waals surface area contributed by atoms with Crippen LogP contribution in [0.15, 0.2) is 67.0 Å². The molecular formula is C23H18ClF2N3O. The summed E-state index contributed by atoms with van der Waals surface area (Å²) in [5, 5.41) is 9.58. The largest absolute Gasteiger partial charge is 0.327 e. The first-order chi connectivity index (χ1) is 14.5. The van der Waals surface area contributed by atoms with Crippen LogP contribution in [0.25, 0.3) is 0 Å². The predicted molar refractivity (Wildman–Crippen MR) is 110 cm³/mol. The second-order valence-electron chi connectivity index (χ2n) is 6.69. The molecule has 30 heavy (non-hydrogen) atoms. The third-order valence-electron chi connectivity index (χ3n) is 4.62. The average molecular weight is 426 g/mol. The molecule has 0 aliphatic rings. The summed E-state index contributed by atoms with van der Waals surface area (Å²) in [5.41, 5.74) is 1.27. The van der Waals surface area contributed by atoms with Crippen LogP contribution in [0.3, 0.4) is 0 Å². The monoisotopic (exact) mass is 425 g/mol. The molecule has 0 N–H and O–H groups in total. The van der Waals surface area contributed by atoms with Gasteiger partial charge in [0.15, 0.2) is 0 Å². The summed E-state index contributed by atoms with van der Waals surface area (Å²) in [6.07, 6.45) is 3.70. The predicted octanol–water partition coefficient (Wildman–Crippen LogP) is 5.70. The van der Waals surface area contributed by atoms with E-state index in [1.807, 2.05) is 0 Å². The van der Waals surface area contributed by atoms with Gasteiger partial charge >= 0.3 is 0 Å². The molecule has 0 saturated heterocycles. The van der Waals surface area contributed by atoms with Crippen molar-refractivity contribution in [1.29, 1.82) is 5.26 Å². The van der Waals surface area contributed by atoms with Crippen molar-refractivity contribution in [2.75, 3.05) is 0 Å². The molecule has 7 heteroatoms. The van der Waals surface area contributed by atoms with E-state index >= 15 is 0 Å². The van der Waals surface area contributed by atoms with Gasteiger partial charge in [0.2, 0.25) is 0 Å². The summed E-state index contributed by atoms with van der Waals surface area (Å²) in [4.78, 5) is 18.9. The molecule has 0 fully saturated rings. The number of benzene rings is 2. The fourth-order valence-electron chi connectivity index (χ4n) is 3.28. The van der Waals surface area contributed by atoms with Gasteiger partial charge in [0.1, 0.15) is 11.6 Å².